The van der Waals surface area contributed by atoms with E-state index in [0.717, 1.165) is 56.9 Å². The lowest BCUT2D eigenvalue weighted by molar-refractivity contribution is -0.369. The molecule has 5 fully saturated rings. The van der Waals surface area contributed by atoms with Crippen molar-refractivity contribution in [2.24, 2.45) is 62.4 Å². The van der Waals surface area contributed by atoms with Gasteiger partial charge < -0.3 is 24.7 Å². The molecule has 0 spiro atoms. The fourth-order valence-corrected chi connectivity index (χ4v) is 13.1. The number of hydrogen-bond donors (Lipinski definition) is 1. The van der Waals surface area contributed by atoms with E-state index in [4.69, 9.17) is 24.7 Å². The second-order valence-corrected chi connectivity index (χ2v) is 18.6. The predicted molar refractivity (Wildman–Crippen MR) is 189 cm³/mol. The smallest absolute Gasteiger partial charge is 0.327 e. The Bertz CT molecular complexity index is 1510. The van der Waals surface area contributed by atoms with Crippen LogP contribution in [0.3, 0.4) is 0 Å². The van der Waals surface area contributed by atoms with Crippen molar-refractivity contribution < 1.29 is 28.5 Å². The number of benzene rings is 1. The van der Waals surface area contributed by atoms with E-state index in [-0.39, 0.29) is 39.7 Å². The van der Waals surface area contributed by atoms with Gasteiger partial charge in [-0.25, -0.2) is 4.79 Å². The Labute approximate surface area is 294 Å². The van der Waals surface area contributed by atoms with Gasteiger partial charge in [0.1, 0.15) is 18.2 Å². The first-order valence-corrected chi connectivity index (χ1v) is 19.1. The number of fused-ring (bicyclic) bond motifs is 9. The van der Waals surface area contributed by atoms with Crippen LogP contribution in [-0.4, -0.2) is 43.7 Å². The molecule has 1 aromatic carbocycles. The number of ether oxygens (including phenoxy) is 4. The first-order chi connectivity index (χ1) is 23.0. The second-order valence-electron chi connectivity index (χ2n) is 18.6. The Kier molecular flexibility index (Phi) is 8.37. The molecule has 7 nitrogen and oxygen atoms in total. The molecule has 0 bridgehead atoms. The fraction of sp³-hybridized carbons (Fsp3) is 0.762. The summed E-state index contributed by atoms with van der Waals surface area (Å²) in [6.45, 7) is 19.1. The zero-order chi connectivity index (χ0) is 35.4. The molecule has 13 atom stereocenters. The number of hydrogen-bond acceptors (Lipinski definition) is 7. The monoisotopic (exact) mass is 675 g/mol. The molecule has 1 heterocycles. The van der Waals surface area contributed by atoms with Crippen LogP contribution in [0.25, 0.3) is 0 Å². The molecule has 270 valence electrons. The van der Waals surface area contributed by atoms with Gasteiger partial charge in [-0.3, -0.25) is 4.79 Å². The summed E-state index contributed by atoms with van der Waals surface area (Å²) >= 11 is 0. The lowest BCUT2D eigenvalue weighted by Crippen LogP contribution is -2.71. The van der Waals surface area contributed by atoms with E-state index in [1.165, 1.54) is 5.57 Å². The molecule has 0 unspecified atom stereocenters. The molecule has 0 radical (unpaired) electrons. The molecule has 1 aromatic rings. The highest BCUT2D eigenvalue weighted by Crippen LogP contribution is 2.76. The average molecular weight is 676 g/mol. The van der Waals surface area contributed by atoms with Crippen LogP contribution in [0.4, 0.5) is 0 Å². The second kappa shape index (κ2) is 11.6. The molecular weight excluding hydrogens is 614 g/mol. The molecular formula is C42H61NO6. The molecule has 4 saturated carbocycles. The number of esters is 2. The van der Waals surface area contributed by atoms with Crippen molar-refractivity contribution in [2.75, 3.05) is 13.7 Å². The maximum absolute atomic E-state index is 13.8. The minimum absolute atomic E-state index is 0.00742. The minimum Gasteiger partial charge on any atom is -0.469 e. The van der Waals surface area contributed by atoms with Gasteiger partial charge in [-0.05, 0) is 117 Å². The topological polar surface area (TPSA) is 97.1 Å². The minimum atomic E-state index is -0.862. The molecule has 5 aliphatic carbocycles. The summed E-state index contributed by atoms with van der Waals surface area (Å²) in [5.41, 5.74) is 7.86. The van der Waals surface area contributed by atoms with Crippen LogP contribution in [0, 0.1) is 56.7 Å². The Morgan fingerprint density at radius 1 is 0.918 bits per heavy atom. The number of carbonyl (C=O) groups is 2. The van der Waals surface area contributed by atoms with Crippen molar-refractivity contribution in [3.05, 3.63) is 47.5 Å². The third-order valence-electron chi connectivity index (χ3n) is 16.1. The van der Waals surface area contributed by atoms with Crippen molar-refractivity contribution in [3.8, 4) is 0 Å². The number of rotatable bonds is 4. The van der Waals surface area contributed by atoms with Gasteiger partial charge in [0.2, 0.25) is 0 Å². The van der Waals surface area contributed by atoms with E-state index in [1.807, 2.05) is 44.2 Å². The zero-order valence-electron chi connectivity index (χ0n) is 31.5. The largest absolute Gasteiger partial charge is 0.469 e. The van der Waals surface area contributed by atoms with Crippen molar-refractivity contribution in [2.45, 2.75) is 131 Å². The van der Waals surface area contributed by atoms with E-state index in [2.05, 4.69) is 47.6 Å². The van der Waals surface area contributed by atoms with Crippen LogP contribution in [0.2, 0.25) is 0 Å². The number of nitrogens with two attached hydrogens (primary N) is 1. The van der Waals surface area contributed by atoms with Gasteiger partial charge in [0, 0.05) is 5.41 Å². The fourth-order valence-electron chi connectivity index (χ4n) is 13.1. The summed E-state index contributed by atoms with van der Waals surface area (Å²) < 4.78 is 25.3. The summed E-state index contributed by atoms with van der Waals surface area (Å²) in [4.78, 5) is 27.5. The summed E-state index contributed by atoms with van der Waals surface area (Å²) in [5.74, 6) is 0.697. The molecule has 1 saturated heterocycles. The predicted octanol–water partition coefficient (Wildman–Crippen LogP) is 8.17. The molecule has 2 N–H and O–H groups in total. The highest BCUT2D eigenvalue weighted by Gasteiger charge is 2.72. The molecule has 0 amide bonds. The van der Waals surface area contributed by atoms with Gasteiger partial charge in [-0.1, -0.05) is 83.5 Å². The van der Waals surface area contributed by atoms with E-state index in [9.17, 15) is 9.59 Å². The van der Waals surface area contributed by atoms with Crippen molar-refractivity contribution >= 4 is 11.9 Å². The molecule has 0 aromatic heterocycles. The standard InChI is InChI=1S/C42H61NO6/c1-25-17-20-42(36(45)46-9)22-21-40(7)28(32(42)26(25)2)15-16-31-38(5)23-29(48-35(44)33(43)27-13-11-10-12-14-27)34-39(6,24-47-37(3,4)49-34)30(38)18-19-41(31,40)8/h10-15,25-26,29-34H,16-24,43H2,1-9H3/t25-,26+,29-,30-,31-,32+,33-,34+,38+,39+,40-,41-,42+/m1/s1. The summed E-state index contributed by atoms with van der Waals surface area (Å²) in [6, 6.07) is 8.63. The van der Waals surface area contributed by atoms with Gasteiger partial charge in [0.15, 0.2) is 5.79 Å². The summed E-state index contributed by atoms with van der Waals surface area (Å²) in [6.07, 6.45) is 9.56. The normalized spacial score (nSPS) is 47.5. The maximum atomic E-state index is 13.8. The average Bonchev–Trinajstić information content (AvgIpc) is 3.07. The van der Waals surface area contributed by atoms with Crippen molar-refractivity contribution in [3.63, 3.8) is 0 Å². The number of carbonyl (C=O) groups excluding carboxylic acids is 2. The van der Waals surface area contributed by atoms with Crippen LogP contribution in [0.15, 0.2) is 42.0 Å². The highest BCUT2D eigenvalue weighted by molar-refractivity contribution is 5.79. The summed E-state index contributed by atoms with van der Waals surface area (Å²) in [5, 5.41) is 0. The van der Waals surface area contributed by atoms with E-state index >= 15 is 0 Å². The molecule has 1 aliphatic heterocycles. The Hall–Kier alpha value is -2.22. The van der Waals surface area contributed by atoms with Gasteiger partial charge in [0.05, 0.1) is 19.1 Å². The third-order valence-corrected chi connectivity index (χ3v) is 16.1. The van der Waals surface area contributed by atoms with Crippen molar-refractivity contribution in [1.29, 1.82) is 0 Å². The highest BCUT2D eigenvalue weighted by atomic mass is 16.7. The molecule has 49 heavy (non-hydrogen) atoms. The van der Waals surface area contributed by atoms with E-state index < -0.39 is 29.3 Å². The van der Waals surface area contributed by atoms with E-state index in [0.29, 0.717) is 30.3 Å². The van der Waals surface area contributed by atoms with Crippen LogP contribution in [-0.2, 0) is 28.5 Å². The first kappa shape index (κ1) is 35.2. The molecule has 7 heteroatoms. The lowest BCUT2D eigenvalue weighted by Gasteiger charge is -2.72. The van der Waals surface area contributed by atoms with Crippen LogP contribution >= 0.6 is 0 Å². The van der Waals surface area contributed by atoms with Crippen LogP contribution in [0.5, 0.6) is 0 Å². The molecule has 7 rings (SSSR count). The number of allylic oxidation sites excluding steroid dienone is 2. The Balaban J connectivity index is 1.28. The maximum Gasteiger partial charge on any atom is 0.327 e. The van der Waals surface area contributed by atoms with Gasteiger partial charge >= 0.3 is 11.9 Å². The SMILES string of the molecule is COC(=O)[C@]12CC[C@@H](C)[C@H](C)[C@H]1C1=CC[C@@H]3[C@@]4(C)C[C@@H](OC(=O)[C@H](N)c5ccccc5)[C@@H]5OC(C)(C)OC[C@@]5(C)[C@@H]4CC[C@@]3(C)[C@]1(C)CC2. The Morgan fingerprint density at radius 2 is 1.63 bits per heavy atom. The van der Waals surface area contributed by atoms with Gasteiger partial charge in [0.25, 0.3) is 0 Å². The first-order valence-electron chi connectivity index (χ1n) is 19.1. The van der Waals surface area contributed by atoms with Crippen LogP contribution < -0.4 is 5.73 Å². The van der Waals surface area contributed by atoms with Gasteiger partial charge in [-0.15, -0.1) is 0 Å². The zero-order valence-corrected chi connectivity index (χ0v) is 31.5. The lowest BCUT2D eigenvalue weighted by atomic mass is 9.33. The van der Waals surface area contributed by atoms with Gasteiger partial charge in [-0.2, -0.15) is 0 Å². The van der Waals surface area contributed by atoms with Crippen LogP contribution in [0.1, 0.15) is 118 Å². The van der Waals surface area contributed by atoms with Crippen molar-refractivity contribution in [1.82, 2.24) is 0 Å². The summed E-state index contributed by atoms with van der Waals surface area (Å²) in [7, 11) is 1.58. The molecule has 6 aliphatic rings. The van der Waals surface area contributed by atoms with E-state index in [1.54, 1.807) is 7.11 Å². The Morgan fingerprint density at radius 3 is 2.33 bits per heavy atom. The number of methoxy groups -OCH3 is 1. The third kappa shape index (κ3) is 4.90. The quantitative estimate of drug-likeness (QED) is 0.254.